The van der Waals surface area contributed by atoms with E-state index in [2.05, 4.69) is 14.7 Å². The number of nitrogens with zero attached hydrogens (tertiary/aromatic N) is 2. The molecule has 0 fully saturated rings. The van der Waals surface area contributed by atoms with E-state index in [9.17, 15) is 4.79 Å². The summed E-state index contributed by atoms with van der Waals surface area (Å²) < 4.78 is 9.21. The molecule has 0 radical (unpaired) electrons. The van der Waals surface area contributed by atoms with Crippen molar-refractivity contribution in [2.75, 3.05) is 30.8 Å². The Balaban J connectivity index is 1.97. The second kappa shape index (κ2) is 6.64. The Morgan fingerprint density at radius 1 is 1.55 bits per heavy atom. The number of carbonyl (C=O) groups excluding carboxylic acids is 1. The molecule has 0 unspecified atom stereocenters. The van der Waals surface area contributed by atoms with Gasteiger partial charge in [-0.1, -0.05) is 0 Å². The van der Waals surface area contributed by atoms with Gasteiger partial charge < -0.3 is 21.5 Å². The first-order valence-corrected chi connectivity index (χ1v) is 7.51. The summed E-state index contributed by atoms with van der Waals surface area (Å²) in [6, 6.07) is 0. The molecule has 0 atom stereocenters. The highest BCUT2D eigenvalue weighted by Gasteiger charge is 2.16. The van der Waals surface area contributed by atoms with Gasteiger partial charge in [-0.3, -0.25) is 4.79 Å². The molecule has 0 saturated carbocycles. The average molecular weight is 313 g/mol. The number of nitrogens with two attached hydrogens (primary N) is 2. The van der Waals surface area contributed by atoms with Crippen LogP contribution in [0.5, 0.6) is 0 Å². The number of primary amides is 1. The molecule has 7 nitrogen and oxygen atoms in total. The molecule has 2 heterocycles. The molecule has 108 valence electrons. The van der Waals surface area contributed by atoms with Crippen molar-refractivity contribution >= 4 is 39.6 Å². The maximum absolute atomic E-state index is 10.5. The largest absolute Gasteiger partial charge is 0.382 e. The van der Waals surface area contributed by atoms with Crippen LogP contribution in [0.2, 0.25) is 0 Å². The van der Waals surface area contributed by atoms with Crippen LogP contribution in [-0.2, 0) is 9.53 Å². The van der Waals surface area contributed by atoms with Gasteiger partial charge in [-0.25, -0.2) is 4.98 Å². The number of aryl methyl sites for hydroxylation is 1. The van der Waals surface area contributed by atoms with E-state index in [0.29, 0.717) is 19.0 Å². The standard InChI is InChI=1S/C11H15N5O2S2/c1-6-5-19-11(15-6)8-9(13)16-20-10(8)14-2-3-18-4-7(12)17/h5,14H,2-4H2,1H3,(H2,12,17)(H2,13,16). The number of aromatic nitrogens is 2. The Morgan fingerprint density at radius 2 is 2.35 bits per heavy atom. The molecule has 0 saturated heterocycles. The van der Waals surface area contributed by atoms with Crippen LogP contribution in [0.15, 0.2) is 5.38 Å². The van der Waals surface area contributed by atoms with Gasteiger partial charge in [0.2, 0.25) is 5.91 Å². The molecule has 0 bridgehead atoms. The van der Waals surface area contributed by atoms with E-state index in [1.807, 2.05) is 12.3 Å². The van der Waals surface area contributed by atoms with Gasteiger partial charge in [-0.2, -0.15) is 4.37 Å². The molecular formula is C11H15N5O2S2. The van der Waals surface area contributed by atoms with Gasteiger partial charge >= 0.3 is 0 Å². The van der Waals surface area contributed by atoms with Crippen molar-refractivity contribution in [3.05, 3.63) is 11.1 Å². The fraction of sp³-hybridized carbons (Fsp3) is 0.364. The number of nitrogens with one attached hydrogen (secondary N) is 1. The molecule has 0 aliphatic rings. The summed E-state index contributed by atoms with van der Waals surface area (Å²) in [4.78, 5) is 14.9. The lowest BCUT2D eigenvalue weighted by atomic mass is 10.3. The minimum atomic E-state index is -0.481. The summed E-state index contributed by atoms with van der Waals surface area (Å²) in [5, 5.41) is 6.83. The summed E-state index contributed by atoms with van der Waals surface area (Å²) in [6.45, 7) is 2.76. The lowest BCUT2D eigenvalue weighted by Crippen LogP contribution is -2.20. The Labute approximate surface area is 124 Å². The smallest absolute Gasteiger partial charge is 0.243 e. The van der Waals surface area contributed by atoms with E-state index < -0.39 is 5.91 Å². The number of amides is 1. The number of nitrogen functional groups attached to an aromatic ring is 1. The Kier molecular flexibility index (Phi) is 4.88. The minimum absolute atomic E-state index is 0.0783. The van der Waals surface area contributed by atoms with Crippen molar-refractivity contribution in [1.82, 2.24) is 9.36 Å². The quantitative estimate of drug-likeness (QED) is 0.658. The minimum Gasteiger partial charge on any atom is -0.382 e. The number of ether oxygens (including phenoxy) is 1. The molecule has 9 heteroatoms. The number of hydrogen-bond acceptors (Lipinski definition) is 8. The monoisotopic (exact) mass is 313 g/mol. The van der Waals surface area contributed by atoms with E-state index in [0.717, 1.165) is 21.3 Å². The summed E-state index contributed by atoms with van der Waals surface area (Å²) in [5.41, 5.74) is 12.6. The predicted octanol–water partition coefficient (Wildman–Crippen LogP) is 1.07. The van der Waals surface area contributed by atoms with Gasteiger partial charge in [0.15, 0.2) is 0 Å². The van der Waals surface area contributed by atoms with E-state index >= 15 is 0 Å². The number of hydrogen-bond donors (Lipinski definition) is 3. The highest BCUT2D eigenvalue weighted by molar-refractivity contribution is 7.15. The van der Waals surface area contributed by atoms with Crippen LogP contribution in [0.3, 0.4) is 0 Å². The number of rotatable bonds is 7. The summed E-state index contributed by atoms with van der Waals surface area (Å²) in [6.07, 6.45) is 0. The van der Waals surface area contributed by atoms with Gasteiger partial charge in [0, 0.05) is 17.6 Å². The SMILES string of the molecule is Cc1csc(-c2c(N)nsc2NCCOCC(N)=O)n1. The van der Waals surface area contributed by atoms with Crippen LogP contribution in [0.1, 0.15) is 5.69 Å². The molecule has 2 aromatic rings. The second-order valence-corrected chi connectivity index (χ2v) is 5.64. The van der Waals surface area contributed by atoms with Crippen molar-refractivity contribution in [2.24, 2.45) is 5.73 Å². The zero-order valence-corrected chi connectivity index (χ0v) is 12.5. The first-order chi connectivity index (χ1) is 9.58. The van der Waals surface area contributed by atoms with Crippen LogP contribution >= 0.6 is 22.9 Å². The van der Waals surface area contributed by atoms with Crippen LogP contribution in [0.25, 0.3) is 10.6 Å². The highest BCUT2D eigenvalue weighted by atomic mass is 32.1. The lowest BCUT2D eigenvalue weighted by Gasteiger charge is -2.05. The number of anilines is 2. The first kappa shape index (κ1) is 14.7. The second-order valence-electron chi connectivity index (χ2n) is 4.01. The molecule has 20 heavy (non-hydrogen) atoms. The predicted molar refractivity (Wildman–Crippen MR) is 80.9 cm³/mol. The zero-order valence-electron chi connectivity index (χ0n) is 10.9. The normalized spacial score (nSPS) is 10.7. The van der Waals surface area contributed by atoms with Crippen molar-refractivity contribution in [3.63, 3.8) is 0 Å². The molecule has 0 aliphatic heterocycles. The van der Waals surface area contributed by atoms with E-state index in [-0.39, 0.29) is 6.61 Å². The summed E-state index contributed by atoms with van der Waals surface area (Å²) >= 11 is 2.80. The zero-order chi connectivity index (χ0) is 14.5. The maximum atomic E-state index is 10.5. The molecule has 0 aliphatic carbocycles. The molecule has 2 aromatic heterocycles. The van der Waals surface area contributed by atoms with Crippen molar-refractivity contribution in [1.29, 1.82) is 0 Å². The van der Waals surface area contributed by atoms with E-state index in [1.54, 1.807) is 0 Å². The molecule has 0 aromatic carbocycles. The van der Waals surface area contributed by atoms with Crippen LogP contribution in [0.4, 0.5) is 10.8 Å². The topological polar surface area (TPSA) is 116 Å². The summed E-state index contributed by atoms with van der Waals surface area (Å²) in [5.74, 6) is -0.0177. The van der Waals surface area contributed by atoms with Crippen molar-refractivity contribution in [3.8, 4) is 10.6 Å². The highest BCUT2D eigenvalue weighted by Crippen LogP contribution is 2.38. The maximum Gasteiger partial charge on any atom is 0.243 e. The first-order valence-electron chi connectivity index (χ1n) is 5.85. The van der Waals surface area contributed by atoms with Crippen LogP contribution in [-0.4, -0.2) is 35.0 Å². The average Bonchev–Trinajstić information content (AvgIpc) is 2.95. The molecule has 2 rings (SSSR count). The third-order valence-electron chi connectivity index (χ3n) is 2.33. The molecular weight excluding hydrogens is 298 g/mol. The lowest BCUT2D eigenvalue weighted by molar-refractivity contribution is -0.122. The van der Waals surface area contributed by atoms with E-state index in [4.69, 9.17) is 16.2 Å². The molecule has 0 spiro atoms. The summed E-state index contributed by atoms with van der Waals surface area (Å²) in [7, 11) is 0. The van der Waals surface area contributed by atoms with Gasteiger partial charge in [0.25, 0.3) is 0 Å². The number of thiazole rings is 1. The van der Waals surface area contributed by atoms with Gasteiger partial charge in [-0.05, 0) is 18.5 Å². The fourth-order valence-corrected chi connectivity index (χ4v) is 3.17. The van der Waals surface area contributed by atoms with Crippen LogP contribution in [0, 0.1) is 6.92 Å². The Hall–Kier alpha value is -1.71. The van der Waals surface area contributed by atoms with Crippen molar-refractivity contribution in [2.45, 2.75) is 6.92 Å². The number of carbonyl (C=O) groups is 1. The third kappa shape index (κ3) is 3.65. The third-order valence-corrected chi connectivity index (χ3v) is 4.12. The van der Waals surface area contributed by atoms with Gasteiger partial charge in [-0.15, -0.1) is 11.3 Å². The molecule has 1 amide bonds. The van der Waals surface area contributed by atoms with Crippen LogP contribution < -0.4 is 16.8 Å². The van der Waals surface area contributed by atoms with Crippen molar-refractivity contribution < 1.29 is 9.53 Å². The van der Waals surface area contributed by atoms with E-state index in [1.165, 1.54) is 22.9 Å². The van der Waals surface area contributed by atoms with Gasteiger partial charge in [0.05, 0.1) is 12.2 Å². The fourth-order valence-electron chi connectivity index (χ4n) is 1.51. The van der Waals surface area contributed by atoms with Gasteiger partial charge in [0.1, 0.15) is 22.4 Å². The Morgan fingerprint density at radius 3 is 3.00 bits per heavy atom. The Bertz CT molecular complexity index is 595. The molecule has 5 N–H and O–H groups in total.